The molecule has 2 aromatic carbocycles. The minimum absolute atomic E-state index is 0.0258. The summed E-state index contributed by atoms with van der Waals surface area (Å²) in [6.45, 7) is 1.69. The van der Waals surface area contributed by atoms with Gasteiger partial charge in [-0.15, -0.1) is 0 Å². The quantitative estimate of drug-likeness (QED) is 0.441. The number of nitrogens with zero attached hydrogens (tertiary/aromatic N) is 2. The Morgan fingerprint density at radius 3 is 2.18 bits per heavy atom. The van der Waals surface area contributed by atoms with E-state index in [-0.39, 0.29) is 17.1 Å². The van der Waals surface area contributed by atoms with Crippen LogP contribution in [0.4, 0.5) is 17.2 Å². The van der Waals surface area contributed by atoms with Gasteiger partial charge in [-0.3, -0.25) is 13.8 Å². The van der Waals surface area contributed by atoms with Crippen molar-refractivity contribution in [2.45, 2.75) is 24.3 Å². The van der Waals surface area contributed by atoms with Gasteiger partial charge in [-0.1, -0.05) is 24.6 Å². The average Bonchev–Trinajstić information content (AvgIpc) is 2.78. The van der Waals surface area contributed by atoms with Crippen LogP contribution in [0.15, 0.2) is 77.8 Å². The number of nitrogens with one attached hydrogen (secondary N) is 2. The predicted molar refractivity (Wildman–Crippen MR) is 133 cm³/mol. The Hall–Kier alpha value is -3.15. The fraction of sp³-hybridized carbons (Fsp3) is 0.182. The number of carbonyl (C=O) groups excluding carboxylic acids is 1. The number of sulfonamides is 2. The molecule has 0 radical (unpaired) electrons. The molecule has 0 unspecified atom stereocenters. The van der Waals surface area contributed by atoms with E-state index in [1.807, 2.05) is 0 Å². The van der Waals surface area contributed by atoms with Gasteiger partial charge < -0.3 is 5.32 Å². The number of pyridine rings is 1. The van der Waals surface area contributed by atoms with Crippen molar-refractivity contribution in [3.8, 4) is 0 Å². The number of hydrogen-bond acceptors (Lipinski definition) is 6. The van der Waals surface area contributed by atoms with Crippen LogP contribution in [0.2, 0.25) is 5.02 Å². The molecule has 2 N–H and O–H groups in total. The van der Waals surface area contributed by atoms with Crippen molar-refractivity contribution in [3.05, 3.63) is 77.9 Å². The van der Waals surface area contributed by atoms with Crippen LogP contribution in [0, 0.1) is 0 Å². The number of carbonyl (C=O) groups is 1. The summed E-state index contributed by atoms with van der Waals surface area (Å²) in [4.78, 5) is 16.9. The summed E-state index contributed by atoms with van der Waals surface area (Å²) in [7, 11) is -7.67. The van der Waals surface area contributed by atoms with Gasteiger partial charge in [-0.25, -0.2) is 21.8 Å². The first-order chi connectivity index (χ1) is 16.0. The normalized spacial score (nSPS) is 12.6. The van der Waals surface area contributed by atoms with Crippen molar-refractivity contribution in [2.24, 2.45) is 0 Å². The van der Waals surface area contributed by atoms with Gasteiger partial charge in [0.15, 0.2) is 0 Å². The molecule has 0 aliphatic heterocycles. The van der Waals surface area contributed by atoms with Crippen molar-refractivity contribution >= 4 is 54.7 Å². The molecule has 1 amide bonds. The molecule has 180 valence electrons. The SMILES string of the molecule is CC[C@H](C(=O)Nc1ccc(S(=O)(=O)Nc2ccccn2)cc1)N(c1ccc(Cl)cc1)S(C)(=O)=O. The predicted octanol–water partition coefficient (Wildman–Crippen LogP) is 3.72. The highest BCUT2D eigenvalue weighted by Gasteiger charge is 2.31. The van der Waals surface area contributed by atoms with Crippen LogP contribution in [0.3, 0.4) is 0 Å². The lowest BCUT2D eigenvalue weighted by molar-refractivity contribution is -0.117. The molecule has 12 heteroatoms. The van der Waals surface area contributed by atoms with E-state index in [0.29, 0.717) is 16.4 Å². The van der Waals surface area contributed by atoms with E-state index >= 15 is 0 Å². The molecule has 0 spiro atoms. The van der Waals surface area contributed by atoms with E-state index in [1.165, 1.54) is 60.8 Å². The number of rotatable bonds is 9. The van der Waals surface area contributed by atoms with Gasteiger partial charge in [0, 0.05) is 16.9 Å². The number of aromatic nitrogens is 1. The Balaban J connectivity index is 1.79. The second-order valence-corrected chi connectivity index (χ2v) is 11.3. The Kier molecular flexibility index (Phi) is 7.80. The summed E-state index contributed by atoms with van der Waals surface area (Å²) < 4.78 is 53.5. The first kappa shape index (κ1) is 25.5. The van der Waals surface area contributed by atoms with Crippen molar-refractivity contribution in [1.82, 2.24) is 4.98 Å². The van der Waals surface area contributed by atoms with Crippen LogP contribution in [-0.2, 0) is 24.8 Å². The average molecular weight is 523 g/mol. The molecule has 9 nitrogen and oxygen atoms in total. The number of benzene rings is 2. The minimum Gasteiger partial charge on any atom is -0.324 e. The van der Waals surface area contributed by atoms with Crippen LogP contribution < -0.4 is 14.3 Å². The molecule has 0 aliphatic rings. The number of hydrogen-bond donors (Lipinski definition) is 2. The molecular formula is C22H23ClN4O5S2. The molecule has 0 saturated heterocycles. The van der Waals surface area contributed by atoms with E-state index in [2.05, 4.69) is 15.0 Å². The van der Waals surface area contributed by atoms with E-state index in [4.69, 9.17) is 11.6 Å². The fourth-order valence-corrected chi connectivity index (χ4v) is 5.56. The molecule has 0 fully saturated rings. The summed E-state index contributed by atoms with van der Waals surface area (Å²) in [6.07, 6.45) is 2.68. The van der Waals surface area contributed by atoms with E-state index in [1.54, 1.807) is 19.1 Å². The fourth-order valence-electron chi connectivity index (χ4n) is 3.21. The number of amides is 1. The zero-order valence-corrected chi connectivity index (χ0v) is 20.7. The Morgan fingerprint density at radius 2 is 1.65 bits per heavy atom. The zero-order valence-electron chi connectivity index (χ0n) is 18.3. The smallest absolute Gasteiger partial charge is 0.263 e. The van der Waals surface area contributed by atoms with E-state index < -0.39 is 32.0 Å². The van der Waals surface area contributed by atoms with Gasteiger partial charge in [-0.2, -0.15) is 0 Å². The second-order valence-electron chi connectivity index (χ2n) is 7.29. The van der Waals surface area contributed by atoms with Crippen LogP contribution in [0.25, 0.3) is 0 Å². The molecule has 0 aliphatic carbocycles. The lowest BCUT2D eigenvalue weighted by Gasteiger charge is -2.30. The maximum absolute atomic E-state index is 13.0. The number of anilines is 3. The first-order valence-electron chi connectivity index (χ1n) is 10.1. The zero-order chi connectivity index (χ0) is 24.9. The molecule has 34 heavy (non-hydrogen) atoms. The van der Waals surface area contributed by atoms with Gasteiger partial charge in [0.1, 0.15) is 11.9 Å². The molecular weight excluding hydrogens is 500 g/mol. The molecule has 1 atom stereocenters. The summed E-state index contributed by atoms with van der Waals surface area (Å²) in [5.74, 6) is -0.390. The van der Waals surface area contributed by atoms with Crippen molar-refractivity contribution < 1.29 is 21.6 Å². The van der Waals surface area contributed by atoms with Gasteiger partial charge in [0.2, 0.25) is 15.9 Å². The molecule has 0 saturated carbocycles. The van der Waals surface area contributed by atoms with Gasteiger partial charge >= 0.3 is 0 Å². The molecule has 3 rings (SSSR count). The summed E-state index contributed by atoms with van der Waals surface area (Å²) >= 11 is 5.91. The first-order valence-corrected chi connectivity index (χ1v) is 13.8. The third-order valence-electron chi connectivity index (χ3n) is 4.75. The summed E-state index contributed by atoms with van der Waals surface area (Å²) in [6, 6.07) is 15.4. The molecule has 0 bridgehead atoms. The van der Waals surface area contributed by atoms with Crippen LogP contribution >= 0.6 is 11.6 Å². The minimum atomic E-state index is -3.88. The number of halogens is 1. The molecule has 1 heterocycles. The van der Waals surface area contributed by atoms with Gasteiger partial charge in [0.25, 0.3) is 10.0 Å². The lowest BCUT2D eigenvalue weighted by Crippen LogP contribution is -2.47. The highest BCUT2D eigenvalue weighted by atomic mass is 35.5. The second kappa shape index (κ2) is 10.4. The standard InChI is InChI=1S/C22H23ClN4O5S2/c1-3-20(27(33(2,29)30)18-11-7-16(23)8-12-18)22(28)25-17-9-13-19(14-10-17)34(31,32)26-21-6-4-5-15-24-21/h4-15,20H,3H2,1-2H3,(H,24,26)(H,25,28)/t20-/m1/s1. The third-order valence-corrected chi connectivity index (χ3v) is 7.55. The van der Waals surface area contributed by atoms with Crippen molar-refractivity contribution in [2.75, 3.05) is 20.6 Å². The van der Waals surface area contributed by atoms with Gasteiger partial charge in [0.05, 0.1) is 16.8 Å². The Bertz CT molecular complexity index is 1350. The Labute approximate surface area is 203 Å². The maximum Gasteiger partial charge on any atom is 0.263 e. The lowest BCUT2D eigenvalue weighted by atomic mass is 10.2. The monoisotopic (exact) mass is 522 g/mol. The molecule has 1 aromatic heterocycles. The van der Waals surface area contributed by atoms with Crippen LogP contribution in [0.1, 0.15) is 13.3 Å². The van der Waals surface area contributed by atoms with Crippen LogP contribution in [0.5, 0.6) is 0 Å². The third kappa shape index (κ3) is 6.25. The van der Waals surface area contributed by atoms with E-state index in [9.17, 15) is 21.6 Å². The van der Waals surface area contributed by atoms with Gasteiger partial charge in [-0.05, 0) is 67.1 Å². The topological polar surface area (TPSA) is 126 Å². The van der Waals surface area contributed by atoms with Crippen molar-refractivity contribution in [1.29, 1.82) is 0 Å². The van der Waals surface area contributed by atoms with Crippen LogP contribution in [-0.4, -0.2) is 40.0 Å². The Morgan fingerprint density at radius 1 is 1.00 bits per heavy atom. The largest absolute Gasteiger partial charge is 0.324 e. The maximum atomic E-state index is 13.0. The molecule has 3 aromatic rings. The summed E-state index contributed by atoms with van der Waals surface area (Å²) in [5, 5.41) is 3.09. The van der Waals surface area contributed by atoms with Crippen molar-refractivity contribution in [3.63, 3.8) is 0 Å². The highest BCUT2D eigenvalue weighted by molar-refractivity contribution is 7.92. The summed E-state index contributed by atoms with van der Waals surface area (Å²) in [5.41, 5.74) is 0.612. The highest BCUT2D eigenvalue weighted by Crippen LogP contribution is 2.25. The van der Waals surface area contributed by atoms with E-state index in [0.717, 1.165) is 10.6 Å².